The molecule has 0 aliphatic rings. The average molecular weight is 249 g/mol. The molecule has 5 heteroatoms. The minimum absolute atomic E-state index is 5.92. The topological polar surface area (TPSA) is 71.4 Å². The normalized spacial score (nSPS) is 11.4. The summed E-state index contributed by atoms with van der Waals surface area (Å²) in [4.78, 5) is 0. The first-order valence-electron chi connectivity index (χ1n) is 0.683. The predicted octanol–water partition coefficient (Wildman–Crippen LogP) is -0.916. The van der Waals surface area contributed by atoms with Crippen LogP contribution in [-0.4, -0.2) is 3.76 Å². The van der Waals surface area contributed by atoms with Crippen molar-refractivity contribution in [3.8, 4) is 0 Å². The number of hydrogen-bond donors (Lipinski definition) is 1. The summed E-state index contributed by atoms with van der Waals surface area (Å²) >= 11 is -5.92. The summed E-state index contributed by atoms with van der Waals surface area (Å²) in [5.41, 5.74) is 0. The van der Waals surface area contributed by atoms with Crippen molar-refractivity contribution < 1.29 is 30.3 Å². The summed E-state index contributed by atoms with van der Waals surface area (Å²) in [7, 11) is 0. The molecule has 31 valence electrons. The van der Waals surface area contributed by atoms with E-state index in [0.717, 1.165) is 0 Å². The van der Waals surface area contributed by atoms with Crippen molar-refractivity contribution >= 4 is 0 Å². The van der Waals surface area contributed by atoms with Gasteiger partial charge in [-0.15, -0.1) is 0 Å². The van der Waals surface area contributed by atoms with Crippen LogP contribution in [0.2, 0.25) is 0 Å². The molecule has 0 aliphatic heterocycles. The van der Waals surface area contributed by atoms with Crippen LogP contribution in [0.15, 0.2) is 0 Å². The van der Waals surface area contributed by atoms with Crippen LogP contribution in [-0.2, 0) is 26.5 Å². The summed E-state index contributed by atoms with van der Waals surface area (Å²) in [6.07, 6.45) is 0. The number of hydrogen-bond acceptors (Lipinski definition) is 3. The monoisotopic (exact) mass is 249 g/mol. The van der Waals surface area contributed by atoms with Gasteiger partial charge in [-0.3, -0.25) is 0 Å². The van der Waals surface area contributed by atoms with Gasteiger partial charge in [0, 0.05) is 0 Å². The molecule has 0 aliphatic carbocycles. The SMILES string of the molecule is [O]=[W](=[O])(=[O])[OH]. The van der Waals surface area contributed by atoms with Crippen LogP contribution in [0.3, 0.4) is 0 Å². The zero-order chi connectivity index (χ0) is 4.50. The van der Waals surface area contributed by atoms with Gasteiger partial charge in [-0.1, -0.05) is 0 Å². The molecule has 4 nitrogen and oxygen atoms in total. The van der Waals surface area contributed by atoms with Crippen LogP contribution in [0.25, 0.3) is 0 Å². The van der Waals surface area contributed by atoms with E-state index in [2.05, 4.69) is 0 Å². The van der Waals surface area contributed by atoms with E-state index in [0.29, 0.717) is 0 Å². The maximum absolute atomic E-state index is 8.76. The summed E-state index contributed by atoms with van der Waals surface area (Å²) < 4.78 is 33.3. The van der Waals surface area contributed by atoms with E-state index in [9.17, 15) is 0 Å². The fraction of sp³-hybridized carbons (Fsp3) is 0. The van der Waals surface area contributed by atoms with Crippen LogP contribution >= 0.6 is 0 Å². The Kier molecular flexibility index (Phi) is 1.04. The summed E-state index contributed by atoms with van der Waals surface area (Å²) in [6, 6.07) is 0. The number of rotatable bonds is 0. The molecule has 0 rings (SSSR count). The molecule has 1 N–H and O–H groups in total. The van der Waals surface area contributed by atoms with Gasteiger partial charge in [0.2, 0.25) is 0 Å². The molecule has 0 unspecified atom stereocenters. The van der Waals surface area contributed by atoms with Crippen molar-refractivity contribution in [2.75, 3.05) is 0 Å². The molecule has 0 amide bonds. The van der Waals surface area contributed by atoms with Crippen molar-refractivity contribution in [1.82, 2.24) is 0 Å². The van der Waals surface area contributed by atoms with Crippen molar-refractivity contribution in [2.45, 2.75) is 0 Å². The van der Waals surface area contributed by atoms with Gasteiger partial charge in [0.25, 0.3) is 0 Å². The summed E-state index contributed by atoms with van der Waals surface area (Å²) in [5, 5.41) is 0. The van der Waals surface area contributed by atoms with E-state index < -0.39 is 16.3 Å². The Bertz CT molecular complexity index is 125. The molecule has 0 saturated carbocycles. The third-order valence-corrected chi connectivity index (χ3v) is 0. The van der Waals surface area contributed by atoms with Crippen LogP contribution in [0.4, 0.5) is 0 Å². The Morgan fingerprint density at radius 3 is 1.20 bits per heavy atom. The molecule has 0 atom stereocenters. The first kappa shape index (κ1) is 5.05. The molecule has 0 radical (unpaired) electrons. The Morgan fingerprint density at radius 1 is 1.20 bits per heavy atom. The van der Waals surface area contributed by atoms with Crippen molar-refractivity contribution in [2.24, 2.45) is 0 Å². The first-order valence-corrected chi connectivity index (χ1v) is 5.59. The zero-order valence-electron chi connectivity index (χ0n) is 2.08. The van der Waals surface area contributed by atoms with Gasteiger partial charge in [-0.05, 0) is 0 Å². The Hall–Kier alpha value is 0.0483. The van der Waals surface area contributed by atoms with E-state index in [1.54, 1.807) is 0 Å². The van der Waals surface area contributed by atoms with E-state index in [1.807, 2.05) is 0 Å². The summed E-state index contributed by atoms with van der Waals surface area (Å²) in [6.45, 7) is 0. The second-order valence-electron chi connectivity index (χ2n) is 0.428. The molecule has 5 heavy (non-hydrogen) atoms. The Balaban J connectivity index is 4.87. The quantitative estimate of drug-likeness (QED) is 0.602. The Morgan fingerprint density at radius 2 is 1.20 bits per heavy atom. The molecule has 0 heterocycles. The average Bonchev–Trinajstić information content (AvgIpc) is 0.722. The standard InChI is InChI=1S/H2O.3O.W/h1H2;;;;/q;;;;+1/p-1. The van der Waals surface area contributed by atoms with Crippen molar-refractivity contribution in [1.29, 1.82) is 0 Å². The van der Waals surface area contributed by atoms with Crippen molar-refractivity contribution in [3.63, 3.8) is 0 Å². The van der Waals surface area contributed by atoms with E-state index >= 15 is 0 Å². The van der Waals surface area contributed by atoms with Gasteiger partial charge in [0.15, 0.2) is 0 Å². The molecule has 0 spiro atoms. The van der Waals surface area contributed by atoms with Gasteiger partial charge < -0.3 is 0 Å². The summed E-state index contributed by atoms with van der Waals surface area (Å²) in [5.74, 6) is 0. The van der Waals surface area contributed by atoms with Gasteiger partial charge in [-0.2, -0.15) is 0 Å². The minimum atomic E-state index is -5.92. The fourth-order valence-corrected chi connectivity index (χ4v) is 0. The molecule has 0 saturated heterocycles. The molecular weight excluding hydrogens is 248 g/mol. The zero-order valence-corrected chi connectivity index (χ0v) is 5.01. The van der Waals surface area contributed by atoms with Gasteiger partial charge in [0.05, 0.1) is 0 Å². The van der Waals surface area contributed by atoms with Crippen LogP contribution in [0, 0.1) is 0 Å². The molecule has 0 aromatic heterocycles. The van der Waals surface area contributed by atoms with Crippen LogP contribution < -0.4 is 0 Å². The third kappa shape index (κ3) is 7280. The van der Waals surface area contributed by atoms with Gasteiger partial charge in [0.1, 0.15) is 0 Å². The molecular formula is HO4W. The molecule has 0 fully saturated rings. The van der Waals surface area contributed by atoms with Crippen LogP contribution in [0.1, 0.15) is 0 Å². The maximum atomic E-state index is 8.76. The van der Waals surface area contributed by atoms with E-state index in [1.165, 1.54) is 0 Å². The Labute approximate surface area is 31.0 Å². The van der Waals surface area contributed by atoms with E-state index in [4.69, 9.17) is 14.0 Å². The molecule has 0 bridgehead atoms. The fourth-order valence-electron chi connectivity index (χ4n) is 0. The molecule has 0 aromatic rings. The molecule has 0 aromatic carbocycles. The van der Waals surface area contributed by atoms with Crippen molar-refractivity contribution in [3.05, 3.63) is 0 Å². The second kappa shape index (κ2) is 1.03. The first-order chi connectivity index (χ1) is 2.00. The van der Waals surface area contributed by atoms with E-state index in [-0.39, 0.29) is 0 Å². The van der Waals surface area contributed by atoms with Gasteiger partial charge in [-0.25, -0.2) is 0 Å². The second-order valence-corrected chi connectivity index (χ2v) is 3.50. The van der Waals surface area contributed by atoms with Crippen LogP contribution in [0.5, 0.6) is 0 Å². The third-order valence-electron chi connectivity index (χ3n) is 0. The predicted molar refractivity (Wildman–Crippen MR) is 4.28 cm³/mol. The van der Waals surface area contributed by atoms with Gasteiger partial charge >= 0.3 is 30.3 Å².